The maximum atomic E-state index is 11.1. The maximum Gasteiger partial charge on any atom is 0.268 e. The van der Waals surface area contributed by atoms with Crippen LogP contribution < -0.4 is 0 Å². The van der Waals surface area contributed by atoms with Gasteiger partial charge in [-0.1, -0.05) is 0 Å². The van der Waals surface area contributed by atoms with E-state index in [-0.39, 0.29) is 18.8 Å². The molecule has 0 aliphatic heterocycles. The Balaban J connectivity index is 3.76. The zero-order valence-corrected chi connectivity index (χ0v) is 8.67. The van der Waals surface area contributed by atoms with E-state index >= 15 is 0 Å². The molecule has 0 spiro atoms. The summed E-state index contributed by atoms with van der Waals surface area (Å²) in [5, 5.41) is 8.15. The largest absolute Gasteiger partial charge is 0.308 e. The van der Waals surface area contributed by atoms with E-state index in [0.717, 1.165) is 0 Å². The molecule has 0 aliphatic rings. The fraction of sp³-hybridized carbons (Fsp3) is 0.857. The molecule has 0 bridgehead atoms. The molecule has 0 aromatic rings. The second-order valence-electron chi connectivity index (χ2n) is 2.80. The van der Waals surface area contributed by atoms with Gasteiger partial charge < -0.3 is 4.90 Å². The number of hydrogen-bond donors (Lipinski definition) is 0. The highest BCUT2D eigenvalue weighted by Crippen LogP contribution is 1.95. The van der Waals surface area contributed by atoms with E-state index in [2.05, 4.69) is 4.18 Å². The quantitative estimate of drug-likeness (QED) is 0.445. The molecule has 13 heavy (non-hydrogen) atoms. The van der Waals surface area contributed by atoms with Crippen molar-refractivity contribution >= 4 is 10.1 Å². The predicted molar refractivity (Wildman–Crippen MR) is 48.5 cm³/mol. The van der Waals surface area contributed by atoms with Gasteiger partial charge in [0.1, 0.15) is 0 Å². The summed E-state index contributed by atoms with van der Waals surface area (Å²) in [6, 6.07) is 1.81. The van der Waals surface area contributed by atoms with Gasteiger partial charge in [-0.15, -0.1) is 0 Å². The van der Waals surface area contributed by atoms with Gasteiger partial charge in [0.05, 0.1) is 24.8 Å². The lowest BCUT2D eigenvalue weighted by molar-refractivity contribution is 0.321. The first-order valence-corrected chi connectivity index (χ1v) is 5.44. The van der Waals surface area contributed by atoms with Crippen molar-refractivity contribution in [2.24, 2.45) is 0 Å². The second-order valence-corrected chi connectivity index (χ2v) is 4.55. The number of nitriles is 1. The zero-order chi connectivity index (χ0) is 10.3. The Morgan fingerprint density at radius 2 is 2.08 bits per heavy atom. The summed E-state index contributed by atoms with van der Waals surface area (Å²) in [4.78, 5) is 1.76. The minimum absolute atomic E-state index is 0.0363. The van der Waals surface area contributed by atoms with Gasteiger partial charge in [0.2, 0.25) is 0 Å². The first-order chi connectivity index (χ1) is 5.98. The van der Waals surface area contributed by atoms with Crippen LogP contribution >= 0.6 is 0 Å². The van der Waals surface area contributed by atoms with E-state index in [1.54, 1.807) is 25.1 Å². The molecule has 0 atom stereocenters. The number of nitrogens with zero attached hydrogens (tertiary/aromatic N) is 2. The minimum atomic E-state index is -3.44. The summed E-state index contributed by atoms with van der Waals surface area (Å²) in [5.74, 6) is -0.0363. The normalized spacial score (nSPS) is 11.5. The molecule has 0 saturated heterocycles. The van der Waals surface area contributed by atoms with Crippen molar-refractivity contribution in [2.45, 2.75) is 6.42 Å². The molecule has 6 heteroatoms. The van der Waals surface area contributed by atoms with Crippen LogP contribution in [0.25, 0.3) is 0 Å². The SMILES string of the molecule is CN(C)CCS(=O)(=O)OCCC#N. The molecule has 0 saturated carbocycles. The molecule has 5 nitrogen and oxygen atoms in total. The average molecular weight is 206 g/mol. The predicted octanol–water partition coefficient (Wildman–Crippen LogP) is -0.192. The van der Waals surface area contributed by atoms with E-state index in [0.29, 0.717) is 6.54 Å². The van der Waals surface area contributed by atoms with Gasteiger partial charge >= 0.3 is 0 Å². The van der Waals surface area contributed by atoms with Crippen molar-refractivity contribution in [1.82, 2.24) is 4.90 Å². The molecule has 0 N–H and O–H groups in total. The summed E-state index contributed by atoms with van der Waals surface area (Å²) >= 11 is 0. The molecule has 76 valence electrons. The Morgan fingerprint density at radius 3 is 2.54 bits per heavy atom. The van der Waals surface area contributed by atoms with Crippen molar-refractivity contribution in [3.8, 4) is 6.07 Å². The maximum absolute atomic E-state index is 11.1. The van der Waals surface area contributed by atoms with Crippen molar-refractivity contribution in [3.63, 3.8) is 0 Å². The average Bonchev–Trinajstić information content (AvgIpc) is 2.02. The van der Waals surface area contributed by atoms with Gasteiger partial charge in [-0.3, -0.25) is 4.18 Å². The standard InChI is InChI=1S/C7H14N2O3S/c1-9(2)5-7-13(10,11)12-6-3-4-8/h3,5-7H2,1-2H3. The lowest BCUT2D eigenvalue weighted by atomic mass is 10.5. The highest BCUT2D eigenvalue weighted by atomic mass is 32.2. The topological polar surface area (TPSA) is 70.4 Å². The van der Waals surface area contributed by atoms with Crippen LogP contribution in [0.5, 0.6) is 0 Å². The van der Waals surface area contributed by atoms with Crippen LogP contribution in [-0.2, 0) is 14.3 Å². The van der Waals surface area contributed by atoms with Gasteiger partial charge in [0.25, 0.3) is 10.1 Å². The molecule has 0 rings (SSSR count). The fourth-order valence-corrected chi connectivity index (χ4v) is 1.61. The third-order valence-corrected chi connectivity index (χ3v) is 2.47. The van der Waals surface area contributed by atoms with Crippen LogP contribution in [-0.4, -0.2) is 46.3 Å². The van der Waals surface area contributed by atoms with E-state index in [4.69, 9.17) is 5.26 Å². The Bertz CT molecular complexity index is 266. The smallest absolute Gasteiger partial charge is 0.268 e. The van der Waals surface area contributed by atoms with Crippen LogP contribution in [0.4, 0.5) is 0 Å². The van der Waals surface area contributed by atoms with E-state index in [1.165, 1.54) is 0 Å². The molecular weight excluding hydrogens is 192 g/mol. The zero-order valence-electron chi connectivity index (χ0n) is 7.86. The molecule has 0 radical (unpaired) electrons. The Hall–Kier alpha value is -0.640. The van der Waals surface area contributed by atoms with Gasteiger partial charge in [-0.05, 0) is 14.1 Å². The molecule has 0 aromatic carbocycles. The van der Waals surface area contributed by atoms with Gasteiger partial charge in [-0.25, -0.2) is 0 Å². The van der Waals surface area contributed by atoms with E-state index in [9.17, 15) is 8.42 Å². The third-order valence-electron chi connectivity index (χ3n) is 1.27. The molecule has 0 aromatic heterocycles. The monoisotopic (exact) mass is 206 g/mol. The van der Waals surface area contributed by atoms with Crippen LogP contribution in [0.2, 0.25) is 0 Å². The summed E-state index contributed by atoms with van der Waals surface area (Å²) in [5.41, 5.74) is 0. The number of hydrogen-bond acceptors (Lipinski definition) is 5. The van der Waals surface area contributed by atoms with E-state index < -0.39 is 10.1 Å². The van der Waals surface area contributed by atoms with Crippen LogP contribution in [0.15, 0.2) is 0 Å². The second kappa shape index (κ2) is 5.91. The van der Waals surface area contributed by atoms with Crippen molar-refractivity contribution in [2.75, 3.05) is 33.0 Å². The Morgan fingerprint density at radius 1 is 1.46 bits per heavy atom. The highest BCUT2D eigenvalue weighted by molar-refractivity contribution is 7.86. The van der Waals surface area contributed by atoms with Crippen LogP contribution in [0.3, 0.4) is 0 Å². The van der Waals surface area contributed by atoms with Gasteiger partial charge in [0, 0.05) is 6.54 Å². The molecule has 0 aliphatic carbocycles. The van der Waals surface area contributed by atoms with Crippen LogP contribution in [0, 0.1) is 11.3 Å². The first-order valence-electron chi connectivity index (χ1n) is 3.87. The van der Waals surface area contributed by atoms with Crippen molar-refractivity contribution in [1.29, 1.82) is 5.26 Å². The summed E-state index contributed by atoms with van der Waals surface area (Å²) in [6.45, 7) is 0.376. The lowest BCUT2D eigenvalue weighted by Gasteiger charge is -2.09. The molecule has 0 unspecified atom stereocenters. The van der Waals surface area contributed by atoms with Gasteiger partial charge in [0.15, 0.2) is 0 Å². The molecular formula is C7H14N2O3S. The van der Waals surface area contributed by atoms with Crippen molar-refractivity contribution in [3.05, 3.63) is 0 Å². The Kier molecular flexibility index (Phi) is 5.62. The summed E-state index contributed by atoms with van der Waals surface area (Å²) in [7, 11) is 0.123. The Labute approximate surface area is 79.0 Å². The fourth-order valence-electron chi connectivity index (χ4n) is 0.568. The minimum Gasteiger partial charge on any atom is -0.308 e. The summed E-state index contributed by atoms with van der Waals surface area (Å²) in [6.07, 6.45) is 0.0984. The third kappa shape index (κ3) is 7.71. The summed E-state index contributed by atoms with van der Waals surface area (Å²) < 4.78 is 26.6. The van der Waals surface area contributed by atoms with Crippen LogP contribution in [0.1, 0.15) is 6.42 Å². The van der Waals surface area contributed by atoms with Crippen molar-refractivity contribution < 1.29 is 12.6 Å². The lowest BCUT2D eigenvalue weighted by Crippen LogP contribution is -2.23. The number of rotatable bonds is 6. The van der Waals surface area contributed by atoms with Gasteiger partial charge in [-0.2, -0.15) is 13.7 Å². The highest BCUT2D eigenvalue weighted by Gasteiger charge is 2.10. The first kappa shape index (κ1) is 12.4. The van der Waals surface area contributed by atoms with E-state index in [1.807, 2.05) is 0 Å². The molecule has 0 fully saturated rings. The molecule has 0 heterocycles. The molecule has 0 amide bonds.